The molecule has 2 aromatic carbocycles. The molecule has 0 aliphatic rings. The van der Waals surface area contributed by atoms with E-state index in [-0.39, 0.29) is 18.4 Å². The van der Waals surface area contributed by atoms with E-state index in [9.17, 15) is 9.59 Å². The van der Waals surface area contributed by atoms with Crippen LogP contribution in [0.2, 0.25) is 0 Å². The van der Waals surface area contributed by atoms with Crippen LogP contribution in [-0.4, -0.2) is 30.5 Å². The lowest BCUT2D eigenvalue weighted by atomic mass is 10.2. The monoisotopic (exact) mass is 397 g/mol. The van der Waals surface area contributed by atoms with E-state index in [0.29, 0.717) is 27.9 Å². The number of amides is 2. The van der Waals surface area contributed by atoms with Gasteiger partial charge in [0.25, 0.3) is 11.8 Å². The van der Waals surface area contributed by atoms with Gasteiger partial charge in [0.05, 0.1) is 12.8 Å². The molecular formula is C20H19N3O4S. The third-order valence-electron chi connectivity index (χ3n) is 3.68. The topological polar surface area (TPSA) is 89.5 Å². The summed E-state index contributed by atoms with van der Waals surface area (Å²) in [6.07, 6.45) is 0. The van der Waals surface area contributed by atoms with Crippen LogP contribution in [0.1, 0.15) is 16.1 Å². The van der Waals surface area contributed by atoms with Crippen LogP contribution in [-0.2, 0) is 4.79 Å². The molecule has 28 heavy (non-hydrogen) atoms. The van der Waals surface area contributed by atoms with Gasteiger partial charge in [0.1, 0.15) is 11.5 Å². The van der Waals surface area contributed by atoms with Gasteiger partial charge in [-0.1, -0.05) is 6.07 Å². The number of ether oxygens (including phenoxy) is 2. The number of thiazole rings is 1. The smallest absolute Gasteiger partial charge is 0.262 e. The maximum absolute atomic E-state index is 12.2. The first-order valence-corrected chi connectivity index (χ1v) is 9.32. The van der Waals surface area contributed by atoms with Crippen LogP contribution in [0.15, 0.2) is 53.9 Å². The summed E-state index contributed by atoms with van der Waals surface area (Å²) >= 11 is 1.37. The average Bonchev–Trinajstić information content (AvgIpc) is 3.11. The number of aryl methyl sites for hydroxylation is 1. The van der Waals surface area contributed by atoms with Gasteiger partial charge in [-0.05, 0) is 43.3 Å². The van der Waals surface area contributed by atoms with Gasteiger partial charge in [-0.3, -0.25) is 14.9 Å². The van der Waals surface area contributed by atoms with E-state index in [1.54, 1.807) is 55.6 Å². The predicted molar refractivity (Wildman–Crippen MR) is 108 cm³/mol. The number of aromatic nitrogens is 1. The Bertz CT molecular complexity index is 970. The number of carbonyl (C=O) groups is 2. The molecule has 0 radical (unpaired) electrons. The second-order valence-electron chi connectivity index (χ2n) is 5.84. The van der Waals surface area contributed by atoms with Crippen LogP contribution in [0.4, 0.5) is 10.8 Å². The Balaban J connectivity index is 1.51. The van der Waals surface area contributed by atoms with Gasteiger partial charge in [-0.2, -0.15) is 0 Å². The maximum atomic E-state index is 12.2. The minimum Gasteiger partial charge on any atom is -0.497 e. The van der Waals surface area contributed by atoms with Gasteiger partial charge < -0.3 is 14.8 Å². The largest absolute Gasteiger partial charge is 0.497 e. The number of carbonyl (C=O) groups excluding carboxylic acids is 2. The first-order chi connectivity index (χ1) is 13.5. The molecule has 0 bridgehead atoms. The first kappa shape index (κ1) is 19.4. The lowest BCUT2D eigenvalue weighted by Crippen LogP contribution is -2.20. The van der Waals surface area contributed by atoms with Crippen molar-refractivity contribution < 1.29 is 19.1 Å². The molecule has 2 amide bonds. The first-order valence-electron chi connectivity index (χ1n) is 8.44. The molecule has 0 atom stereocenters. The van der Waals surface area contributed by atoms with E-state index in [0.717, 1.165) is 5.69 Å². The van der Waals surface area contributed by atoms with Crippen molar-refractivity contribution in [2.45, 2.75) is 6.92 Å². The molecule has 144 valence electrons. The number of nitrogens with one attached hydrogen (secondary N) is 2. The van der Waals surface area contributed by atoms with Gasteiger partial charge in [0.15, 0.2) is 11.7 Å². The normalized spacial score (nSPS) is 10.2. The molecule has 3 aromatic rings. The van der Waals surface area contributed by atoms with Gasteiger partial charge in [0.2, 0.25) is 0 Å². The molecular weight excluding hydrogens is 378 g/mol. The van der Waals surface area contributed by atoms with Gasteiger partial charge in [-0.15, -0.1) is 11.3 Å². The predicted octanol–water partition coefficient (Wildman–Crippen LogP) is 3.73. The Morgan fingerprint density at radius 3 is 2.54 bits per heavy atom. The highest BCUT2D eigenvalue weighted by atomic mass is 32.1. The van der Waals surface area contributed by atoms with Crippen molar-refractivity contribution in [1.82, 2.24) is 4.98 Å². The molecule has 0 saturated carbocycles. The van der Waals surface area contributed by atoms with Crippen LogP contribution in [0.25, 0.3) is 0 Å². The van der Waals surface area contributed by atoms with Gasteiger partial charge >= 0.3 is 0 Å². The molecule has 7 nitrogen and oxygen atoms in total. The second-order valence-corrected chi connectivity index (χ2v) is 6.70. The minimum atomic E-state index is -0.297. The van der Waals surface area contributed by atoms with Gasteiger partial charge in [-0.25, -0.2) is 4.98 Å². The molecule has 8 heteroatoms. The molecule has 1 heterocycles. The van der Waals surface area contributed by atoms with Crippen molar-refractivity contribution in [3.63, 3.8) is 0 Å². The Morgan fingerprint density at radius 1 is 1.07 bits per heavy atom. The Kier molecular flexibility index (Phi) is 6.23. The van der Waals surface area contributed by atoms with Crippen LogP contribution in [0.3, 0.4) is 0 Å². The SMILES string of the molecule is COc1cccc(NC(=O)COc2ccc(C(=O)Nc3nc(C)cs3)cc2)c1. The second kappa shape index (κ2) is 9.01. The fraction of sp³-hybridized carbons (Fsp3) is 0.150. The molecule has 1 aromatic heterocycles. The highest BCUT2D eigenvalue weighted by molar-refractivity contribution is 7.13. The van der Waals surface area contributed by atoms with Crippen molar-refractivity contribution in [2.24, 2.45) is 0 Å². The number of hydrogen-bond acceptors (Lipinski definition) is 6. The van der Waals surface area contributed by atoms with Crippen molar-refractivity contribution in [3.05, 3.63) is 65.2 Å². The summed E-state index contributed by atoms with van der Waals surface area (Å²) in [5.74, 6) is 0.591. The summed E-state index contributed by atoms with van der Waals surface area (Å²) in [5, 5.41) is 7.89. The van der Waals surface area contributed by atoms with Crippen LogP contribution in [0.5, 0.6) is 11.5 Å². The summed E-state index contributed by atoms with van der Waals surface area (Å²) in [4.78, 5) is 28.4. The molecule has 2 N–H and O–H groups in total. The Labute approximate surface area is 166 Å². The van der Waals surface area contributed by atoms with E-state index in [4.69, 9.17) is 9.47 Å². The average molecular weight is 397 g/mol. The lowest BCUT2D eigenvalue weighted by Gasteiger charge is -2.09. The third kappa shape index (κ3) is 5.31. The fourth-order valence-electron chi connectivity index (χ4n) is 2.33. The molecule has 0 aliphatic heterocycles. The number of methoxy groups -OCH3 is 1. The molecule has 0 aliphatic carbocycles. The molecule has 0 fully saturated rings. The zero-order valence-corrected chi connectivity index (χ0v) is 16.2. The highest BCUT2D eigenvalue weighted by Crippen LogP contribution is 2.18. The number of rotatable bonds is 7. The van der Waals surface area contributed by atoms with Crippen molar-refractivity contribution in [1.29, 1.82) is 0 Å². The summed E-state index contributed by atoms with van der Waals surface area (Å²) < 4.78 is 10.6. The van der Waals surface area contributed by atoms with Crippen molar-refractivity contribution >= 4 is 34.0 Å². The molecule has 0 saturated heterocycles. The van der Waals surface area contributed by atoms with E-state index >= 15 is 0 Å². The van der Waals surface area contributed by atoms with Crippen molar-refractivity contribution in [3.8, 4) is 11.5 Å². The Hall–Kier alpha value is -3.39. The molecule has 3 rings (SSSR count). The zero-order chi connectivity index (χ0) is 19.9. The number of hydrogen-bond donors (Lipinski definition) is 2. The van der Waals surface area contributed by atoms with E-state index in [1.165, 1.54) is 11.3 Å². The van der Waals surface area contributed by atoms with Gasteiger partial charge in [0, 0.05) is 22.7 Å². The highest BCUT2D eigenvalue weighted by Gasteiger charge is 2.09. The van der Waals surface area contributed by atoms with E-state index in [1.807, 2.05) is 12.3 Å². The van der Waals surface area contributed by atoms with Crippen LogP contribution < -0.4 is 20.1 Å². The lowest BCUT2D eigenvalue weighted by molar-refractivity contribution is -0.118. The third-order valence-corrected chi connectivity index (χ3v) is 4.55. The van der Waals surface area contributed by atoms with E-state index in [2.05, 4.69) is 15.6 Å². The van der Waals surface area contributed by atoms with Crippen LogP contribution >= 0.6 is 11.3 Å². The standard InChI is InChI=1S/C20H19N3O4S/c1-13-12-28-20(21-13)23-19(25)14-6-8-16(9-7-14)27-11-18(24)22-15-4-3-5-17(10-15)26-2/h3-10,12H,11H2,1-2H3,(H,22,24)(H,21,23,25). The van der Waals surface area contributed by atoms with Crippen LogP contribution in [0, 0.1) is 6.92 Å². The maximum Gasteiger partial charge on any atom is 0.262 e. The summed E-state index contributed by atoms with van der Waals surface area (Å²) in [5.41, 5.74) is 1.95. The fourth-order valence-corrected chi connectivity index (χ4v) is 3.01. The minimum absolute atomic E-state index is 0.152. The Morgan fingerprint density at radius 2 is 1.86 bits per heavy atom. The zero-order valence-electron chi connectivity index (χ0n) is 15.4. The number of benzene rings is 2. The molecule has 0 spiro atoms. The number of anilines is 2. The quantitative estimate of drug-likeness (QED) is 0.634. The summed E-state index contributed by atoms with van der Waals surface area (Å²) in [7, 11) is 1.56. The van der Waals surface area contributed by atoms with Crippen molar-refractivity contribution in [2.75, 3.05) is 24.4 Å². The summed E-state index contributed by atoms with van der Waals surface area (Å²) in [6.45, 7) is 1.71. The van der Waals surface area contributed by atoms with E-state index < -0.39 is 0 Å². The molecule has 0 unspecified atom stereocenters. The summed E-state index contributed by atoms with van der Waals surface area (Å²) in [6, 6.07) is 13.6. The number of nitrogens with zero attached hydrogens (tertiary/aromatic N) is 1.